The third-order valence-electron chi connectivity index (χ3n) is 5.09. The summed E-state index contributed by atoms with van der Waals surface area (Å²) in [4.78, 5) is 0. The van der Waals surface area contributed by atoms with E-state index in [2.05, 4.69) is 61.0 Å². The van der Waals surface area contributed by atoms with Crippen LogP contribution in [0.1, 0.15) is 37.7 Å². The van der Waals surface area contributed by atoms with E-state index in [1.54, 1.807) is 18.2 Å². The zero-order valence-electron chi connectivity index (χ0n) is 17.3. The molecular formula is C20H27BrClN3O2Si. The van der Waals surface area contributed by atoms with Gasteiger partial charge in [-0.3, -0.25) is 4.68 Å². The van der Waals surface area contributed by atoms with Crippen molar-refractivity contribution in [3.63, 3.8) is 0 Å². The van der Waals surface area contributed by atoms with E-state index in [1.165, 1.54) is 0 Å². The number of aryl methyl sites for hydroxylation is 1. The lowest BCUT2D eigenvalue weighted by Gasteiger charge is -2.36. The summed E-state index contributed by atoms with van der Waals surface area (Å²) < 4.78 is 14.3. The molecule has 1 heterocycles. The third-order valence-corrected chi connectivity index (χ3v) is 10.4. The zero-order chi connectivity index (χ0) is 21.1. The van der Waals surface area contributed by atoms with Gasteiger partial charge < -0.3 is 9.16 Å². The molecule has 0 N–H and O–H groups in total. The number of aromatic nitrogens is 2. The second-order valence-electron chi connectivity index (χ2n) is 8.22. The van der Waals surface area contributed by atoms with E-state index >= 15 is 0 Å². The lowest BCUT2D eigenvalue weighted by Crippen LogP contribution is -2.41. The molecule has 5 nitrogen and oxygen atoms in total. The molecule has 0 bridgehead atoms. The van der Waals surface area contributed by atoms with E-state index in [0.29, 0.717) is 40.6 Å². The molecule has 2 rings (SSSR count). The summed E-state index contributed by atoms with van der Waals surface area (Å²) in [7, 11) is -1.80. The first kappa shape index (κ1) is 23.0. The van der Waals surface area contributed by atoms with E-state index in [9.17, 15) is 0 Å². The topological polar surface area (TPSA) is 60.1 Å². The van der Waals surface area contributed by atoms with Gasteiger partial charge in [-0.2, -0.15) is 10.4 Å². The Morgan fingerprint density at radius 3 is 2.54 bits per heavy atom. The first-order chi connectivity index (χ1) is 13.0. The number of rotatable bonds is 7. The fourth-order valence-corrected chi connectivity index (χ4v) is 4.27. The summed E-state index contributed by atoms with van der Waals surface area (Å²) in [5.74, 6) is 1.20. The molecular weight excluding hydrogens is 458 g/mol. The fourth-order valence-electron chi connectivity index (χ4n) is 2.47. The SMILES string of the molecule is Cc1nn(CCO[Si](C)(C)C(C)(C)C)c(CBr)c1Oc1cc(Cl)cc(C#N)c1. The first-order valence-corrected chi connectivity index (χ1v) is 13.5. The quantitative estimate of drug-likeness (QED) is 0.336. The average molecular weight is 485 g/mol. The predicted molar refractivity (Wildman–Crippen MR) is 119 cm³/mol. The van der Waals surface area contributed by atoms with Crippen LogP contribution in [0.25, 0.3) is 0 Å². The largest absolute Gasteiger partial charge is 0.453 e. The minimum Gasteiger partial charge on any atom is -0.453 e. The number of benzene rings is 1. The summed E-state index contributed by atoms with van der Waals surface area (Å²) in [5, 5.41) is 15.0. The number of alkyl halides is 1. The Kier molecular flexibility index (Phi) is 7.37. The van der Waals surface area contributed by atoms with Gasteiger partial charge in [0.05, 0.1) is 30.5 Å². The molecule has 0 saturated heterocycles. The second-order valence-corrected chi connectivity index (χ2v) is 14.0. The number of ether oxygens (including phenoxy) is 1. The van der Waals surface area contributed by atoms with Crippen LogP contribution >= 0.6 is 27.5 Å². The summed E-state index contributed by atoms with van der Waals surface area (Å²) in [6.07, 6.45) is 0. The van der Waals surface area contributed by atoms with E-state index in [-0.39, 0.29) is 5.04 Å². The summed E-state index contributed by atoms with van der Waals surface area (Å²) in [6.45, 7) is 14.3. The molecule has 0 saturated carbocycles. The minimum atomic E-state index is -1.80. The third kappa shape index (κ3) is 5.38. The molecule has 1 aromatic heterocycles. The highest BCUT2D eigenvalue weighted by molar-refractivity contribution is 9.08. The van der Waals surface area contributed by atoms with Gasteiger partial charge in [-0.05, 0) is 43.3 Å². The van der Waals surface area contributed by atoms with Gasteiger partial charge in [0.15, 0.2) is 14.1 Å². The highest BCUT2D eigenvalue weighted by Crippen LogP contribution is 2.37. The van der Waals surface area contributed by atoms with Crippen molar-refractivity contribution >= 4 is 35.8 Å². The molecule has 28 heavy (non-hydrogen) atoms. The van der Waals surface area contributed by atoms with Crippen molar-refractivity contribution in [2.45, 2.75) is 57.7 Å². The van der Waals surface area contributed by atoms with E-state index in [1.807, 2.05) is 11.6 Å². The van der Waals surface area contributed by atoms with Crippen molar-refractivity contribution in [2.24, 2.45) is 0 Å². The zero-order valence-corrected chi connectivity index (χ0v) is 20.6. The van der Waals surface area contributed by atoms with Crippen molar-refractivity contribution < 1.29 is 9.16 Å². The monoisotopic (exact) mass is 483 g/mol. The molecule has 0 amide bonds. The maximum atomic E-state index is 9.13. The first-order valence-electron chi connectivity index (χ1n) is 9.13. The van der Waals surface area contributed by atoms with Gasteiger partial charge >= 0.3 is 0 Å². The lowest BCUT2D eigenvalue weighted by molar-refractivity contribution is 0.264. The van der Waals surface area contributed by atoms with E-state index in [0.717, 1.165) is 11.4 Å². The Bertz CT molecular complexity index is 885. The van der Waals surface area contributed by atoms with Gasteiger partial charge in [0.25, 0.3) is 0 Å². The molecule has 0 unspecified atom stereocenters. The highest BCUT2D eigenvalue weighted by Gasteiger charge is 2.37. The predicted octanol–water partition coefficient (Wildman–Crippen LogP) is 6.43. The normalized spacial score (nSPS) is 12.1. The van der Waals surface area contributed by atoms with Gasteiger partial charge in [-0.1, -0.05) is 48.3 Å². The van der Waals surface area contributed by atoms with E-state index < -0.39 is 8.32 Å². The van der Waals surface area contributed by atoms with Crippen LogP contribution in [0.2, 0.25) is 23.2 Å². The van der Waals surface area contributed by atoms with Crippen LogP contribution in [0.4, 0.5) is 0 Å². The Balaban J connectivity index is 2.20. The summed E-state index contributed by atoms with van der Waals surface area (Å²) >= 11 is 9.63. The number of hydrogen-bond donors (Lipinski definition) is 0. The average Bonchev–Trinajstić information content (AvgIpc) is 2.88. The van der Waals surface area contributed by atoms with Gasteiger partial charge in [-0.15, -0.1) is 0 Å². The lowest BCUT2D eigenvalue weighted by atomic mass is 10.2. The molecule has 152 valence electrons. The fraction of sp³-hybridized carbons (Fsp3) is 0.500. The van der Waals surface area contributed by atoms with Gasteiger partial charge in [-0.25, -0.2) is 0 Å². The van der Waals surface area contributed by atoms with Crippen molar-refractivity contribution in [1.82, 2.24) is 9.78 Å². The van der Waals surface area contributed by atoms with Crippen LogP contribution < -0.4 is 4.74 Å². The Morgan fingerprint density at radius 1 is 1.29 bits per heavy atom. The molecule has 0 atom stereocenters. The molecule has 0 aliphatic carbocycles. The maximum absolute atomic E-state index is 9.13. The Labute approximate surface area is 181 Å². The van der Waals surface area contributed by atoms with Gasteiger partial charge in [0.2, 0.25) is 0 Å². The molecule has 2 aromatic rings. The summed E-state index contributed by atoms with van der Waals surface area (Å²) in [6, 6.07) is 7.05. The van der Waals surface area contributed by atoms with Crippen molar-refractivity contribution in [3.05, 3.63) is 40.2 Å². The van der Waals surface area contributed by atoms with Crippen LogP contribution in [0, 0.1) is 18.3 Å². The number of nitrogens with zero attached hydrogens (tertiary/aromatic N) is 3. The Hall–Kier alpha value is -1.33. The van der Waals surface area contributed by atoms with Gasteiger partial charge in [0, 0.05) is 10.4 Å². The highest BCUT2D eigenvalue weighted by atomic mass is 79.9. The maximum Gasteiger partial charge on any atom is 0.192 e. The number of hydrogen-bond acceptors (Lipinski definition) is 4. The van der Waals surface area contributed by atoms with Crippen molar-refractivity contribution in [2.75, 3.05) is 6.61 Å². The summed E-state index contributed by atoms with van der Waals surface area (Å²) in [5.41, 5.74) is 2.16. The smallest absolute Gasteiger partial charge is 0.192 e. The second kappa shape index (κ2) is 9.00. The molecule has 0 aliphatic heterocycles. The number of nitriles is 1. The Morgan fingerprint density at radius 2 is 1.96 bits per heavy atom. The number of halogens is 2. The van der Waals surface area contributed by atoms with Crippen LogP contribution in [0.3, 0.4) is 0 Å². The standard InChI is InChI=1S/C20H27BrClN3O2Si/c1-14-19(27-17-10-15(13-23)9-16(22)11-17)18(12-21)25(24-14)7-8-26-28(5,6)20(2,3)4/h9-11H,7-8,12H2,1-6H3. The van der Waals surface area contributed by atoms with Crippen LogP contribution in [-0.2, 0) is 16.3 Å². The molecule has 0 fully saturated rings. The van der Waals surface area contributed by atoms with Gasteiger partial charge in [0.1, 0.15) is 11.4 Å². The molecule has 1 aromatic carbocycles. The minimum absolute atomic E-state index is 0.171. The van der Waals surface area contributed by atoms with E-state index in [4.69, 9.17) is 26.0 Å². The van der Waals surface area contributed by atoms with Crippen LogP contribution in [0.15, 0.2) is 18.2 Å². The van der Waals surface area contributed by atoms with Crippen molar-refractivity contribution in [1.29, 1.82) is 5.26 Å². The molecule has 8 heteroatoms. The van der Waals surface area contributed by atoms with Crippen LogP contribution in [0.5, 0.6) is 11.5 Å². The van der Waals surface area contributed by atoms with Crippen molar-refractivity contribution in [3.8, 4) is 17.6 Å². The van der Waals surface area contributed by atoms with Crippen LogP contribution in [-0.4, -0.2) is 24.7 Å². The molecule has 0 spiro atoms. The molecule has 0 radical (unpaired) electrons. The molecule has 0 aliphatic rings.